The zero-order valence-corrected chi connectivity index (χ0v) is 12.0. The fourth-order valence-electron chi connectivity index (χ4n) is 2.77. The highest BCUT2D eigenvalue weighted by atomic mass is 16.5. The number of hydrogen-bond donors (Lipinski definition) is 1. The van der Waals surface area contributed by atoms with Gasteiger partial charge in [-0.15, -0.1) is 0 Å². The lowest BCUT2D eigenvalue weighted by molar-refractivity contribution is 0.0546. The molecule has 1 aliphatic rings. The number of aryl methyl sites for hydroxylation is 2. The highest BCUT2D eigenvalue weighted by Gasteiger charge is 2.22. The summed E-state index contributed by atoms with van der Waals surface area (Å²) in [5, 5.41) is 3.60. The van der Waals surface area contributed by atoms with Gasteiger partial charge in [0.2, 0.25) is 0 Å². The van der Waals surface area contributed by atoms with Gasteiger partial charge in [-0.3, -0.25) is 0 Å². The first kappa shape index (κ1) is 13.6. The minimum Gasteiger partial charge on any atom is -0.374 e. The normalized spacial score (nSPS) is 25.3. The smallest absolute Gasteiger partial charge is 0.0704 e. The van der Waals surface area contributed by atoms with E-state index in [4.69, 9.17) is 4.74 Å². The van der Waals surface area contributed by atoms with E-state index in [-0.39, 0.29) is 0 Å². The van der Waals surface area contributed by atoms with Gasteiger partial charge in [-0.25, -0.2) is 0 Å². The van der Waals surface area contributed by atoms with E-state index < -0.39 is 0 Å². The molecule has 100 valence electrons. The Balaban J connectivity index is 1.89. The second-order valence-electron chi connectivity index (χ2n) is 5.64. The summed E-state index contributed by atoms with van der Waals surface area (Å²) in [6.45, 7) is 9.68. The summed E-state index contributed by atoms with van der Waals surface area (Å²) in [5.74, 6) is 0. The van der Waals surface area contributed by atoms with E-state index in [2.05, 4.69) is 51.2 Å². The second-order valence-corrected chi connectivity index (χ2v) is 5.64. The van der Waals surface area contributed by atoms with E-state index in [1.165, 1.54) is 29.5 Å². The van der Waals surface area contributed by atoms with Crippen molar-refractivity contribution in [1.29, 1.82) is 0 Å². The molecule has 2 nitrogen and oxygen atoms in total. The van der Waals surface area contributed by atoms with Crippen LogP contribution in [0.3, 0.4) is 0 Å². The van der Waals surface area contributed by atoms with Crippen LogP contribution in [0.4, 0.5) is 0 Å². The molecule has 1 heterocycles. The number of nitrogens with one attached hydrogen (secondary N) is 1. The molecule has 3 unspecified atom stereocenters. The van der Waals surface area contributed by atoms with Crippen molar-refractivity contribution < 1.29 is 4.74 Å². The van der Waals surface area contributed by atoms with Crippen molar-refractivity contribution in [2.24, 2.45) is 0 Å². The third-order valence-corrected chi connectivity index (χ3v) is 3.86. The summed E-state index contributed by atoms with van der Waals surface area (Å²) < 4.78 is 5.83. The zero-order valence-electron chi connectivity index (χ0n) is 12.0. The molecule has 0 radical (unpaired) electrons. The number of hydrogen-bond acceptors (Lipinski definition) is 2. The molecule has 0 aromatic heterocycles. The van der Waals surface area contributed by atoms with Crippen molar-refractivity contribution in [3.8, 4) is 0 Å². The van der Waals surface area contributed by atoms with E-state index in [0.29, 0.717) is 18.2 Å². The Morgan fingerprint density at radius 1 is 1.33 bits per heavy atom. The summed E-state index contributed by atoms with van der Waals surface area (Å²) in [6, 6.07) is 7.07. The Morgan fingerprint density at radius 3 is 2.72 bits per heavy atom. The van der Waals surface area contributed by atoms with Gasteiger partial charge in [0, 0.05) is 12.6 Å². The van der Waals surface area contributed by atoms with Crippen LogP contribution >= 0.6 is 0 Å². The van der Waals surface area contributed by atoms with Gasteiger partial charge >= 0.3 is 0 Å². The maximum absolute atomic E-state index is 5.83. The first-order valence-corrected chi connectivity index (χ1v) is 7.02. The maximum atomic E-state index is 5.83. The minimum atomic E-state index is 0.394. The standard InChI is InChI=1S/C16H25NO/c1-11-5-8-16(12(2)9-11)14(4)17-10-15-7-6-13(3)18-15/h5,8-9,13-15,17H,6-7,10H2,1-4H3. The van der Waals surface area contributed by atoms with Crippen LogP contribution in [0.25, 0.3) is 0 Å². The Labute approximate surface area is 111 Å². The third-order valence-electron chi connectivity index (χ3n) is 3.86. The fraction of sp³-hybridized carbons (Fsp3) is 0.625. The van der Waals surface area contributed by atoms with Crippen LogP contribution in [0.1, 0.15) is 49.4 Å². The molecule has 0 spiro atoms. The lowest BCUT2D eigenvalue weighted by Crippen LogP contribution is -2.29. The summed E-state index contributed by atoms with van der Waals surface area (Å²) >= 11 is 0. The van der Waals surface area contributed by atoms with Gasteiger partial charge in [-0.1, -0.05) is 23.8 Å². The van der Waals surface area contributed by atoms with Gasteiger partial charge < -0.3 is 10.1 Å². The quantitative estimate of drug-likeness (QED) is 0.879. The monoisotopic (exact) mass is 247 g/mol. The molecule has 1 saturated heterocycles. The van der Waals surface area contributed by atoms with E-state index in [1.807, 2.05) is 0 Å². The average molecular weight is 247 g/mol. The molecule has 1 aromatic carbocycles. The van der Waals surface area contributed by atoms with Gasteiger partial charge in [0.05, 0.1) is 12.2 Å². The molecule has 2 heteroatoms. The Morgan fingerprint density at radius 2 is 2.11 bits per heavy atom. The van der Waals surface area contributed by atoms with E-state index in [1.54, 1.807) is 0 Å². The van der Waals surface area contributed by atoms with E-state index in [0.717, 1.165) is 6.54 Å². The molecular weight excluding hydrogens is 222 g/mol. The third kappa shape index (κ3) is 3.33. The van der Waals surface area contributed by atoms with E-state index >= 15 is 0 Å². The van der Waals surface area contributed by atoms with Gasteiger partial charge in [0.15, 0.2) is 0 Å². The highest BCUT2D eigenvalue weighted by molar-refractivity contribution is 5.32. The zero-order chi connectivity index (χ0) is 13.1. The van der Waals surface area contributed by atoms with Crippen LogP contribution in [-0.4, -0.2) is 18.8 Å². The van der Waals surface area contributed by atoms with Crippen LogP contribution in [0.15, 0.2) is 18.2 Å². The van der Waals surface area contributed by atoms with Crippen LogP contribution in [-0.2, 0) is 4.74 Å². The Bertz CT molecular complexity index is 402. The van der Waals surface area contributed by atoms with Crippen molar-refractivity contribution in [3.63, 3.8) is 0 Å². The van der Waals surface area contributed by atoms with Crippen molar-refractivity contribution in [2.45, 2.75) is 58.8 Å². The predicted octanol–water partition coefficient (Wildman–Crippen LogP) is 3.52. The Kier molecular flexibility index (Phi) is 4.41. The molecule has 1 N–H and O–H groups in total. The molecule has 1 fully saturated rings. The molecule has 0 aliphatic carbocycles. The van der Waals surface area contributed by atoms with Crippen LogP contribution < -0.4 is 5.32 Å². The fourth-order valence-corrected chi connectivity index (χ4v) is 2.77. The molecule has 2 rings (SSSR count). The minimum absolute atomic E-state index is 0.394. The van der Waals surface area contributed by atoms with Crippen molar-refractivity contribution in [1.82, 2.24) is 5.32 Å². The highest BCUT2D eigenvalue weighted by Crippen LogP contribution is 2.21. The topological polar surface area (TPSA) is 21.3 Å². The van der Waals surface area contributed by atoms with Crippen LogP contribution in [0.5, 0.6) is 0 Å². The molecule has 3 atom stereocenters. The predicted molar refractivity (Wildman–Crippen MR) is 75.9 cm³/mol. The van der Waals surface area contributed by atoms with Gasteiger partial charge in [-0.05, 0) is 51.7 Å². The van der Waals surface area contributed by atoms with Gasteiger partial charge in [0.25, 0.3) is 0 Å². The van der Waals surface area contributed by atoms with Crippen LogP contribution in [0.2, 0.25) is 0 Å². The van der Waals surface area contributed by atoms with E-state index in [9.17, 15) is 0 Å². The van der Waals surface area contributed by atoms with Crippen molar-refractivity contribution in [2.75, 3.05) is 6.54 Å². The largest absolute Gasteiger partial charge is 0.374 e. The maximum Gasteiger partial charge on any atom is 0.0704 e. The first-order chi connectivity index (χ1) is 8.56. The molecule has 0 amide bonds. The summed E-state index contributed by atoms with van der Waals surface area (Å²) in [6.07, 6.45) is 3.22. The molecule has 1 aromatic rings. The summed E-state index contributed by atoms with van der Waals surface area (Å²) in [4.78, 5) is 0. The summed E-state index contributed by atoms with van der Waals surface area (Å²) in [5.41, 5.74) is 4.10. The Hall–Kier alpha value is -0.860. The first-order valence-electron chi connectivity index (χ1n) is 7.02. The molecule has 0 saturated carbocycles. The lowest BCUT2D eigenvalue weighted by atomic mass is 10.00. The van der Waals surface area contributed by atoms with Crippen molar-refractivity contribution in [3.05, 3.63) is 34.9 Å². The molecule has 18 heavy (non-hydrogen) atoms. The molecule has 0 bridgehead atoms. The molecular formula is C16H25NO. The summed E-state index contributed by atoms with van der Waals surface area (Å²) in [7, 11) is 0. The lowest BCUT2D eigenvalue weighted by Gasteiger charge is -2.19. The molecule has 1 aliphatic heterocycles. The average Bonchev–Trinajstić information content (AvgIpc) is 2.72. The van der Waals surface area contributed by atoms with Gasteiger partial charge in [0.1, 0.15) is 0 Å². The van der Waals surface area contributed by atoms with Gasteiger partial charge in [-0.2, -0.15) is 0 Å². The SMILES string of the molecule is Cc1ccc(C(C)NCC2CCC(C)O2)c(C)c1. The number of benzene rings is 1. The van der Waals surface area contributed by atoms with Crippen LogP contribution in [0, 0.1) is 13.8 Å². The number of ether oxygens (including phenoxy) is 1. The van der Waals surface area contributed by atoms with Crippen molar-refractivity contribution >= 4 is 0 Å². The number of rotatable bonds is 4. The second kappa shape index (κ2) is 5.85.